The van der Waals surface area contributed by atoms with Crippen LogP contribution >= 0.6 is 0 Å². The van der Waals surface area contributed by atoms with E-state index in [1.165, 1.54) is 0 Å². The van der Waals surface area contributed by atoms with E-state index in [-0.39, 0.29) is 5.97 Å². The van der Waals surface area contributed by atoms with Gasteiger partial charge in [0.1, 0.15) is 0 Å². The third-order valence-corrected chi connectivity index (χ3v) is 4.66. The molecule has 26 heavy (non-hydrogen) atoms. The zero-order valence-electron chi connectivity index (χ0n) is 16.1. The van der Waals surface area contributed by atoms with E-state index in [0.29, 0.717) is 19.3 Å². The first-order valence-corrected chi connectivity index (χ1v) is 9.11. The summed E-state index contributed by atoms with van der Waals surface area (Å²) in [6, 6.07) is 19.5. The Kier molecular flexibility index (Phi) is 7.37. The predicted molar refractivity (Wildman–Crippen MR) is 104 cm³/mol. The molecule has 2 rings (SSSR count). The second-order valence-corrected chi connectivity index (χ2v) is 6.58. The zero-order chi connectivity index (χ0) is 19.0. The summed E-state index contributed by atoms with van der Waals surface area (Å²) in [5.41, 5.74) is 0.302. The van der Waals surface area contributed by atoms with Gasteiger partial charge in [0, 0.05) is 12.6 Å². The van der Waals surface area contributed by atoms with Crippen molar-refractivity contribution >= 4 is 5.97 Å². The Balaban J connectivity index is 2.35. The lowest BCUT2D eigenvalue weighted by molar-refractivity contribution is -0.168. The number of carbonyl (C=O) groups is 1. The monoisotopic (exact) mass is 355 g/mol. The van der Waals surface area contributed by atoms with Crippen LogP contribution in [0.25, 0.3) is 0 Å². The molecule has 0 saturated carbocycles. The first-order valence-electron chi connectivity index (χ1n) is 9.11. The van der Waals surface area contributed by atoms with E-state index < -0.39 is 5.60 Å². The smallest absolute Gasteiger partial charge is 0.347 e. The highest BCUT2D eigenvalue weighted by molar-refractivity contribution is 5.85. The van der Waals surface area contributed by atoms with Crippen LogP contribution in [0.2, 0.25) is 0 Å². The molecule has 0 aliphatic rings. The van der Waals surface area contributed by atoms with Crippen LogP contribution in [0.3, 0.4) is 0 Å². The molecule has 0 N–H and O–H groups in total. The Morgan fingerprint density at radius 2 is 1.50 bits per heavy atom. The summed E-state index contributed by atoms with van der Waals surface area (Å²) >= 11 is 0. The number of nitrogens with zero attached hydrogens (tertiary/aromatic N) is 1. The molecular weight excluding hydrogens is 326 g/mol. The van der Waals surface area contributed by atoms with Crippen LogP contribution in [-0.2, 0) is 19.9 Å². The molecule has 0 saturated heterocycles. The summed E-state index contributed by atoms with van der Waals surface area (Å²) in [7, 11) is 4.04. The highest BCUT2D eigenvalue weighted by Gasteiger charge is 2.44. The van der Waals surface area contributed by atoms with Crippen molar-refractivity contribution in [3.63, 3.8) is 0 Å². The van der Waals surface area contributed by atoms with Crippen molar-refractivity contribution in [1.29, 1.82) is 0 Å². The fourth-order valence-electron chi connectivity index (χ4n) is 2.87. The van der Waals surface area contributed by atoms with E-state index in [2.05, 4.69) is 11.8 Å². The minimum atomic E-state index is -1.25. The molecule has 1 atom stereocenters. The van der Waals surface area contributed by atoms with Gasteiger partial charge < -0.3 is 14.4 Å². The SMILES string of the molecule is CCOC(C(=O)OCCC(C)N(C)C)(c1ccccc1)c1ccccc1. The molecule has 0 radical (unpaired) electrons. The Morgan fingerprint density at radius 1 is 1.00 bits per heavy atom. The Bertz CT molecular complexity index is 631. The van der Waals surface area contributed by atoms with Crippen molar-refractivity contribution in [2.24, 2.45) is 0 Å². The normalized spacial score (nSPS) is 12.8. The molecule has 0 aliphatic carbocycles. The summed E-state index contributed by atoms with van der Waals surface area (Å²) in [5, 5.41) is 0. The number of hydrogen-bond donors (Lipinski definition) is 0. The third kappa shape index (κ3) is 4.51. The van der Waals surface area contributed by atoms with Gasteiger partial charge in [-0.25, -0.2) is 4.79 Å². The van der Waals surface area contributed by atoms with Crippen LogP contribution in [0, 0.1) is 0 Å². The quantitative estimate of drug-likeness (QED) is 0.641. The van der Waals surface area contributed by atoms with Gasteiger partial charge in [-0.3, -0.25) is 0 Å². The van der Waals surface area contributed by atoms with Gasteiger partial charge in [-0.15, -0.1) is 0 Å². The lowest BCUT2D eigenvalue weighted by atomic mass is 9.86. The van der Waals surface area contributed by atoms with E-state index in [1.54, 1.807) is 0 Å². The molecule has 4 nitrogen and oxygen atoms in total. The van der Waals surface area contributed by atoms with Gasteiger partial charge in [-0.05, 0) is 45.5 Å². The summed E-state index contributed by atoms with van der Waals surface area (Å²) in [5.74, 6) is -0.372. The van der Waals surface area contributed by atoms with Crippen LogP contribution in [0.1, 0.15) is 31.4 Å². The van der Waals surface area contributed by atoms with Crippen molar-refractivity contribution in [3.8, 4) is 0 Å². The molecule has 0 aromatic heterocycles. The van der Waals surface area contributed by atoms with Gasteiger partial charge >= 0.3 is 5.97 Å². The highest BCUT2D eigenvalue weighted by Crippen LogP contribution is 2.35. The van der Waals surface area contributed by atoms with Crippen molar-refractivity contribution in [1.82, 2.24) is 4.90 Å². The van der Waals surface area contributed by atoms with Gasteiger partial charge in [0.15, 0.2) is 0 Å². The first kappa shape index (κ1) is 20.1. The van der Waals surface area contributed by atoms with Gasteiger partial charge in [0.05, 0.1) is 6.61 Å². The summed E-state index contributed by atoms with van der Waals surface area (Å²) < 4.78 is 11.8. The standard InChI is InChI=1S/C22H29NO3/c1-5-26-22(19-12-8-6-9-13-19,20-14-10-7-11-15-20)21(24)25-17-16-18(2)23(3)4/h6-15,18H,5,16-17H2,1-4H3. The minimum absolute atomic E-state index is 0.331. The molecular formula is C22H29NO3. The van der Waals surface area contributed by atoms with Crippen LogP contribution in [-0.4, -0.2) is 44.2 Å². The van der Waals surface area contributed by atoms with E-state index in [4.69, 9.17) is 9.47 Å². The van der Waals surface area contributed by atoms with E-state index in [9.17, 15) is 4.79 Å². The number of carbonyl (C=O) groups excluding carboxylic acids is 1. The Morgan fingerprint density at radius 3 is 1.92 bits per heavy atom. The number of benzene rings is 2. The fraction of sp³-hybridized carbons (Fsp3) is 0.409. The van der Waals surface area contributed by atoms with Gasteiger partial charge in [-0.1, -0.05) is 60.7 Å². The molecule has 0 heterocycles. The molecule has 0 aliphatic heterocycles. The molecule has 140 valence electrons. The lowest BCUT2D eigenvalue weighted by Crippen LogP contribution is -2.42. The molecule has 1 unspecified atom stereocenters. The number of esters is 1. The third-order valence-electron chi connectivity index (χ3n) is 4.66. The number of ether oxygens (including phenoxy) is 2. The second kappa shape index (κ2) is 9.51. The molecule has 4 heteroatoms. The molecule has 2 aromatic rings. The highest BCUT2D eigenvalue weighted by atomic mass is 16.6. The number of hydrogen-bond acceptors (Lipinski definition) is 4. The maximum Gasteiger partial charge on any atom is 0.347 e. The topological polar surface area (TPSA) is 38.8 Å². The predicted octanol–water partition coefficient (Wildman–Crippen LogP) is 3.85. The Hall–Kier alpha value is -2.17. The van der Waals surface area contributed by atoms with Crippen molar-refractivity contribution in [3.05, 3.63) is 71.8 Å². The summed E-state index contributed by atoms with van der Waals surface area (Å²) in [4.78, 5) is 15.4. The van der Waals surface area contributed by atoms with Crippen LogP contribution in [0.4, 0.5) is 0 Å². The van der Waals surface area contributed by atoms with Gasteiger partial charge in [0.25, 0.3) is 0 Å². The zero-order valence-corrected chi connectivity index (χ0v) is 16.1. The number of rotatable bonds is 9. The molecule has 0 amide bonds. The summed E-state index contributed by atoms with van der Waals surface area (Å²) in [6.07, 6.45) is 0.768. The van der Waals surface area contributed by atoms with Crippen LogP contribution in [0.5, 0.6) is 0 Å². The van der Waals surface area contributed by atoms with Gasteiger partial charge in [-0.2, -0.15) is 0 Å². The largest absolute Gasteiger partial charge is 0.463 e. The van der Waals surface area contributed by atoms with Crippen LogP contribution in [0.15, 0.2) is 60.7 Å². The van der Waals surface area contributed by atoms with Crippen molar-refractivity contribution in [2.75, 3.05) is 27.3 Å². The van der Waals surface area contributed by atoms with E-state index in [1.807, 2.05) is 81.7 Å². The van der Waals surface area contributed by atoms with E-state index >= 15 is 0 Å². The first-order chi connectivity index (χ1) is 12.5. The van der Waals surface area contributed by atoms with E-state index in [0.717, 1.165) is 17.5 Å². The molecule has 0 spiro atoms. The molecule has 0 fully saturated rings. The van der Waals surface area contributed by atoms with Crippen molar-refractivity contribution in [2.45, 2.75) is 31.9 Å². The average Bonchev–Trinajstić information content (AvgIpc) is 2.67. The fourth-order valence-corrected chi connectivity index (χ4v) is 2.87. The lowest BCUT2D eigenvalue weighted by Gasteiger charge is -2.32. The Labute approximate surface area is 156 Å². The maximum atomic E-state index is 13.2. The molecule has 2 aromatic carbocycles. The van der Waals surface area contributed by atoms with Crippen molar-refractivity contribution < 1.29 is 14.3 Å². The maximum absolute atomic E-state index is 13.2. The van der Waals surface area contributed by atoms with Gasteiger partial charge in [0.2, 0.25) is 5.60 Å². The minimum Gasteiger partial charge on any atom is -0.463 e. The average molecular weight is 355 g/mol. The van der Waals surface area contributed by atoms with Crippen LogP contribution < -0.4 is 0 Å². The molecule has 0 bridgehead atoms. The summed E-state index contributed by atoms with van der Waals surface area (Å²) in [6.45, 7) is 4.75. The second-order valence-electron chi connectivity index (χ2n) is 6.58.